The molecule has 1 rings (SSSR count). The maximum atomic E-state index is 10.5. The molecule has 0 amide bonds. The number of aliphatic carboxylic acids is 1. The van der Waals surface area contributed by atoms with Gasteiger partial charge in [-0.2, -0.15) is 0 Å². The molecule has 0 aliphatic heterocycles. The summed E-state index contributed by atoms with van der Waals surface area (Å²) >= 11 is 2.21. The highest BCUT2D eigenvalue weighted by Crippen LogP contribution is 2.22. The van der Waals surface area contributed by atoms with Gasteiger partial charge in [0.05, 0.1) is 6.42 Å². The Morgan fingerprint density at radius 1 is 1.64 bits per heavy atom. The van der Waals surface area contributed by atoms with E-state index in [4.69, 9.17) is 10.8 Å². The molecule has 0 aliphatic carbocycles. The van der Waals surface area contributed by atoms with Crippen molar-refractivity contribution in [3.05, 3.63) is 32.9 Å². The average molecular weight is 305 g/mol. The summed E-state index contributed by atoms with van der Waals surface area (Å²) in [6.45, 7) is 1.96. The van der Waals surface area contributed by atoms with Crippen LogP contribution in [-0.2, 0) is 4.79 Å². The van der Waals surface area contributed by atoms with Gasteiger partial charge < -0.3 is 10.8 Å². The van der Waals surface area contributed by atoms with Gasteiger partial charge in [0, 0.05) is 9.61 Å². The minimum atomic E-state index is -0.865. The smallest absolute Gasteiger partial charge is 0.305 e. The summed E-state index contributed by atoms with van der Waals surface area (Å²) in [6, 6.07) is 5.34. The lowest BCUT2D eigenvalue weighted by molar-refractivity contribution is -0.137. The molecule has 0 heterocycles. The molecule has 0 aliphatic rings. The summed E-state index contributed by atoms with van der Waals surface area (Å²) < 4.78 is 1.11. The minimum Gasteiger partial charge on any atom is -0.481 e. The van der Waals surface area contributed by atoms with Gasteiger partial charge in [-0.1, -0.05) is 12.1 Å². The Bertz CT molecular complexity index is 352. The second-order valence-corrected chi connectivity index (χ2v) is 4.32. The van der Waals surface area contributed by atoms with Gasteiger partial charge in [-0.3, -0.25) is 4.79 Å². The van der Waals surface area contributed by atoms with E-state index in [1.807, 2.05) is 25.1 Å². The van der Waals surface area contributed by atoms with E-state index in [1.54, 1.807) is 0 Å². The lowest BCUT2D eigenvalue weighted by Crippen LogP contribution is -2.16. The van der Waals surface area contributed by atoms with E-state index in [-0.39, 0.29) is 6.42 Å². The number of carboxylic acids is 1. The van der Waals surface area contributed by atoms with Gasteiger partial charge in [-0.05, 0) is 46.7 Å². The molecule has 0 saturated heterocycles. The zero-order valence-corrected chi connectivity index (χ0v) is 9.98. The lowest BCUT2D eigenvalue weighted by atomic mass is 10.00. The molecule has 0 spiro atoms. The third kappa shape index (κ3) is 2.68. The second kappa shape index (κ2) is 4.75. The van der Waals surface area contributed by atoms with E-state index in [1.165, 1.54) is 0 Å². The zero-order chi connectivity index (χ0) is 10.7. The lowest BCUT2D eigenvalue weighted by Gasteiger charge is -2.13. The van der Waals surface area contributed by atoms with Crippen LogP contribution in [0.5, 0.6) is 0 Å². The molecule has 0 aromatic heterocycles. The van der Waals surface area contributed by atoms with Crippen LogP contribution in [0.1, 0.15) is 23.6 Å². The Morgan fingerprint density at radius 3 is 2.86 bits per heavy atom. The van der Waals surface area contributed by atoms with E-state index in [0.29, 0.717) is 0 Å². The molecule has 0 saturated carbocycles. The Morgan fingerprint density at radius 2 is 2.29 bits per heavy atom. The van der Waals surface area contributed by atoms with Crippen molar-refractivity contribution in [3.8, 4) is 0 Å². The van der Waals surface area contributed by atoms with Crippen LogP contribution in [0.4, 0.5) is 0 Å². The van der Waals surface area contributed by atoms with E-state index in [0.717, 1.165) is 14.7 Å². The minimum absolute atomic E-state index is 0.0269. The van der Waals surface area contributed by atoms with Gasteiger partial charge >= 0.3 is 5.97 Å². The van der Waals surface area contributed by atoms with Crippen LogP contribution in [0.15, 0.2) is 18.2 Å². The molecule has 3 N–H and O–H groups in total. The Hall–Kier alpha value is -0.620. The molecule has 4 heteroatoms. The maximum absolute atomic E-state index is 10.5. The number of hydrogen-bond donors (Lipinski definition) is 2. The van der Waals surface area contributed by atoms with Crippen LogP contribution >= 0.6 is 22.6 Å². The normalized spacial score (nSPS) is 12.5. The molecule has 1 aromatic carbocycles. The van der Waals surface area contributed by atoms with Crippen LogP contribution in [0.3, 0.4) is 0 Å². The summed E-state index contributed by atoms with van der Waals surface area (Å²) in [7, 11) is 0. The Kier molecular flexibility index (Phi) is 3.88. The summed E-state index contributed by atoms with van der Waals surface area (Å²) in [5, 5.41) is 8.62. The van der Waals surface area contributed by atoms with Crippen molar-refractivity contribution in [2.24, 2.45) is 5.73 Å². The van der Waals surface area contributed by atoms with Crippen LogP contribution in [0, 0.1) is 10.5 Å². The number of carboxylic acid groups (broad SMARTS) is 1. The molecular formula is C10H12INO2. The first-order valence-electron chi connectivity index (χ1n) is 4.24. The number of carbonyl (C=O) groups is 1. The van der Waals surface area contributed by atoms with Crippen molar-refractivity contribution in [3.63, 3.8) is 0 Å². The fourth-order valence-electron chi connectivity index (χ4n) is 1.32. The standard InChI is InChI=1S/C10H12INO2/c1-6-7(3-2-4-8(6)11)9(12)5-10(13)14/h2-4,9H,5,12H2,1H3,(H,13,14)/t9-/m0/s1. The topological polar surface area (TPSA) is 63.3 Å². The maximum Gasteiger partial charge on any atom is 0.305 e. The van der Waals surface area contributed by atoms with Crippen molar-refractivity contribution >= 4 is 28.6 Å². The molecular weight excluding hydrogens is 293 g/mol. The van der Waals surface area contributed by atoms with Crippen molar-refractivity contribution in [2.45, 2.75) is 19.4 Å². The van der Waals surface area contributed by atoms with Gasteiger partial charge in [-0.15, -0.1) is 0 Å². The first-order chi connectivity index (χ1) is 6.52. The number of rotatable bonds is 3. The molecule has 0 fully saturated rings. The van der Waals surface area contributed by atoms with E-state index in [9.17, 15) is 4.79 Å². The average Bonchev–Trinajstić information content (AvgIpc) is 2.08. The van der Waals surface area contributed by atoms with E-state index < -0.39 is 12.0 Å². The van der Waals surface area contributed by atoms with Crippen molar-refractivity contribution in [1.29, 1.82) is 0 Å². The van der Waals surface area contributed by atoms with Crippen molar-refractivity contribution in [1.82, 2.24) is 0 Å². The van der Waals surface area contributed by atoms with Crippen molar-refractivity contribution in [2.75, 3.05) is 0 Å². The Balaban J connectivity index is 2.95. The molecule has 0 unspecified atom stereocenters. The zero-order valence-electron chi connectivity index (χ0n) is 7.83. The van der Waals surface area contributed by atoms with Gasteiger partial charge in [0.25, 0.3) is 0 Å². The highest BCUT2D eigenvalue weighted by atomic mass is 127. The van der Waals surface area contributed by atoms with Crippen LogP contribution in [0.25, 0.3) is 0 Å². The Labute approximate surface area is 96.4 Å². The predicted octanol–water partition coefficient (Wildman–Crippen LogP) is 2.07. The van der Waals surface area contributed by atoms with Crippen LogP contribution < -0.4 is 5.73 Å². The van der Waals surface area contributed by atoms with E-state index in [2.05, 4.69) is 22.6 Å². The van der Waals surface area contributed by atoms with E-state index >= 15 is 0 Å². The molecule has 76 valence electrons. The summed E-state index contributed by atoms with van der Waals surface area (Å²) in [5.41, 5.74) is 7.77. The third-order valence-corrected chi connectivity index (χ3v) is 3.27. The van der Waals surface area contributed by atoms with Gasteiger partial charge in [-0.25, -0.2) is 0 Å². The molecule has 3 nitrogen and oxygen atoms in total. The SMILES string of the molecule is Cc1c(I)cccc1[C@@H](N)CC(=O)O. The summed E-state index contributed by atoms with van der Waals surface area (Å²) in [6.07, 6.45) is -0.0269. The highest BCUT2D eigenvalue weighted by molar-refractivity contribution is 14.1. The van der Waals surface area contributed by atoms with Gasteiger partial charge in [0.1, 0.15) is 0 Å². The predicted molar refractivity (Wildman–Crippen MR) is 63.1 cm³/mol. The molecule has 0 radical (unpaired) electrons. The molecule has 0 bridgehead atoms. The number of hydrogen-bond acceptors (Lipinski definition) is 2. The monoisotopic (exact) mass is 305 g/mol. The number of nitrogens with two attached hydrogens (primary N) is 1. The van der Waals surface area contributed by atoms with Crippen molar-refractivity contribution < 1.29 is 9.90 Å². The summed E-state index contributed by atoms with van der Waals surface area (Å²) in [4.78, 5) is 10.5. The molecule has 1 aromatic rings. The first kappa shape index (κ1) is 11.5. The van der Waals surface area contributed by atoms with Crippen LogP contribution in [0.2, 0.25) is 0 Å². The number of halogens is 1. The van der Waals surface area contributed by atoms with Gasteiger partial charge in [0.15, 0.2) is 0 Å². The largest absolute Gasteiger partial charge is 0.481 e. The highest BCUT2D eigenvalue weighted by Gasteiger charge is 2.13. The summed E-state index contributed by atoms with van der Waals surface area (Å²) in [5.74, 6) is -0.865. The fraction of sp³-hybridized carbons (Fsp3) is 0.300. The molecule has 14 heavy (non-hydrogen) atoms. The quantitative estimate of drug-likeness (QED) is 0.840. The third-order valence-electron chi connectivity index (χ3n) is 2.10. The number of benzene rings is 1. The van der Waals surface area contributed by atoms with Gasteiger partial charge in [0.2, 0.25) is 0 Å². The second-order valence-electron chi connectivity index (χ2n) is 3.16. The fourth-order valence-corrected chi connectivity index (χ4v) is 1.84. The molecule has 1 atom stereocenters. The van der Waals surface area contributed by atoms with Crippen LogP contribution in [-0.4, -0.2) is 11.1 Å². The first-order valence-corrected chi connectivity index (χ1v) is 5.32.